The Morgan fingerprint density at radius 3 is 1.81 bits per heavy atom. The van der Waals surface area contributed by atoms with E-state index in [9.17, 15) is 13.0 Å². The van der Waals surface area contributed by atoms with Crippen LogP contribution >= 0.6 is 7.82 Å². The van der Waals surface area contributed by atoms with Gasteiger partial charge in [0.25, 0.3) is 10.1 Å². The lowest BCUT2D eigenvalue weighted by Crippen LogP contribution is -2.13. The van der Waals surface area contributed by atoms with Crippen LogP contribution in [0.25, 0.3) is 0 Å². The number of hydrogen-bond donors (Lipinski definition) is 0. The molecular formula is C7H17O7PS. The maximum Gasteiger partial charge on any atom is 0.475 e. The minimum absolute atomic E-state index is 0.0146. The second-order valence-electron chi connectivity index (χ2n) is 2.49. The van der Waals surface area contributed by atoms with E-state index in [0.717, 1.165) is 0 Å². The fraction of sp³-hybridized carbons (Fsp3) is 1.00. The molecule has 0 aromatic heterocycles. The summed E-state index contributed by atoms with van der Waals surface area (Å²) in [5.74, 6) is -0.863. The standard InChI is InChI=1S/C7H17O7PS/c1-4-11-15(8,12-5-2)13-7-16(9,10)14-6-3/h4-7H2,1-3H3. The normalized spacial score (nSPS) is 12.9. The van der Waals surface area contributed by atoms with Gasteiger partial charge in [0, 0.05) is 0 Å². The molecular weight excluding hydrogens is 259 g/mol. The minimum atomic E-state index is -3.86. The van der Waals surface area contributed by atoms with Gasteiger partial charge in [-0.15, -0.1) is 0 Å². The van der Waals surface area contributed by atoms with E-state index in [-0.39, 0.29) is 19.8 Å². The van der Waals surface area contributed by atoms with E-state index in [4.69, 9.17) is 9.05 Å². The Morgan fingerprint density at radius 2 is 1.44 bits per heavy atom. The first-order chi connectivity index (χ1) is 7.39. The SMILES string of the molecule is CCOP(=O)(OCC)OCS(=O)(=O)OCC. The Balaban J connectivity index is 4.38. The summed E-state index contributed by atoms with van der Waals surface area (Å²) in [6.45, 7) is 4.86. The molecule has 0 aliphatic carbocycles. The highest BCUT2D eigenvalue weighted by Crippen LogP contribution is 2.49. The lowest BCUT2D eigenvalue weighted by atomic mass is 10.9. The first kappa shape index (κ1) is 16.0. The zero-order chi connectivity index (χ0) is 12.7. The van der Waals surface area contributed by atoms with E-state index in [0.29, 0.717) is 0 Å². The molecule has 0 N–H and O–H groups in total. The van der Waals surface area contributed by atoms with Crippen LogP contribution in [0.3, 0.4) is 0 Å². The largest absolute Gasteiger partial charge is 0.475 e. The average Bonchev–Trinajstić information content (AvgIpc) is 2.16. The van der Waals surface area contributed by atoms with Crippen molar-refractivity contribution in [1.29, 1.82) is 0 Å². The molecule has 9 heteroatoms. The molecule has 0 fully saturated rings. The summed E-state index contributed by atoms with van der Waals surface area (Å²) in [4.78, 5) is 0. The third-order valence-electron chi connectivity index (χ3n) is 1.23. The van der Waals surface area contributed by atoms with Gasteiger partial charge in [0.15, 0.2) is 5.94 Å². The van der Waals surface area contributed by atoms with E-state index in [1.54, 1.807) is 13.8 Å². The number of phosphoric ester groups is 1. The Labute approximate surface area is 95.8 Å². The zero-order valence-corrected chi connectivity index (χ0v) is 11.3. The molecule has 0 heterocycles. The van der Waals surface area contributed by atoms with E-state index in [1.807, 2.05) is 0 Å². The molecule has 0 spiro atoms. The Kier molecular flexibility index (Phi) is 7.38. The lowest BCUT2D eigenvalue weighted by molar-refractivity contribution is 0.132. The first-order valence-electron chi connectivity index (χ1n) is 4.79. The van der Waals surface area contributed by atoms with Gasteiger partial charge in [-0.2, -0.15) is 8.42 Å². The van der Waals surface area contributed by atoms with Gasteiger partial charge in [0.05, 0.1) is 19.8 Å². The smallest absolute Gasteiger partial charge is 0.287 e. The van der Waals surface area contributed by atoms with Crippen LogP contribution in [0.4, 0.5) is 0 Å². The number of rotatable bonds is 9. The summed E-state index contributed by atoms with van der Waals surface area (Å²) >= 11 is 0. The molecule has 0 atom stereocenters. The number of hydrogen-bond acceptors (Lipinski definition) is 7. The molecule has 0 aromatic carbocycles. The third kappa shape index (κ3) is 6.57. The quantitative estimate of drug-likeness (QED) is 0.465. The fourth-order valence-corrected chi connectivity index (χ4v) is 3.09. The summed E-state index contributed by atoms with van der Waals surface area (Å²) < 4.78 is 52.4. The van der Waals surface area contributed by atoms with Gasteiger partial charge < -0.3 is 0 Å². The highest BCUT2D eigenvalue weighted by atomic mass is 32.2. The van der Waals surface area contributed by atoms with Crippen molar-refractivity contribution in [1.82, 2.24) is 0 Å². The summed E-state index contributed by atoms with van der Waals surface area (Å²) in [7, 11) is -7.65. The van der Waals surface area contributed by atoms with Crippen molar-refractivity contribution in [2.24, 2.45) is 0 Å². The molecule has 7 nitrogen and oxygen atoms in total. The average molecular weight is 276 g/mol. The topological polar surface area (TPSA) is 88.1 Å². The van der Waals surface area contributed by atoms with Crippen molar-refractivity contribution in [3.05, 3.63) is 0 Å². The molecule has 0 unspecified atom stereocenters. The Hall–Kier alpha value is 0.0200. The summed E-state index contributed by atoms with van der Waals surface area (Å²) in [5.41, 5.74) is 0. The molecule has 16 heavy (non-hydrogen) atoms. The van der Waals surface area contributed by atoms with Crippen LogP contribution in [0.2, 0.25) is 0 Å². The molecule has 98 valence electrons. The predicted octanol–water partition coefficient (Wildman–Crippen LogP) is 1.51. The van der Waals surface area contributed by atoms with Gasteiger partial charge in [-0.05, 0) is 20.8 Å². The summed E-state index contributed by atoms with van der Waals surface area (Å²) in [6.07, 6.45) is 0. The lowest BCUT2D eigenvalue weighted by Gasteiger charge is -2.15. The van der Waals surface area contributed by atoms with Gasteiger partial charge in [0.1, 0.15) is 0 Å². The van der Waals surface area contributed by atoms with Crippen LogP contribution in [0.5, 0.6) is 0 Å². The molecule has 0 rings (SSSR count). The molecule has 0 bridgehead atoms. The summed E-state index contributed by atoms with van der Waals surface area (Å²) in [5, 5.41) is 0. The Morgan fingerprint density at radius 1 is 0.938 bits per heavy atom. The van der Waals surface area contributed by atoms with E-state index in [1.165, 1.54) is 6.92 Å². The zero-order valence-electron chi connectivity index (χ0n) is 9.54. The minimum Gasteiger partial charge on any atom is -0.287 e. The highest BCUT2D eigenvalue weighted by molar-refractivity contribution is 7.86. The highest BCUT2D eigenvalue weighted by Gasteiger charge is 2.28. The maximum absolute atomic E-state index is 11.7. The van der Waals surface area contributed by atoms with Crippen molar-refractivity contribution < 1.29 is 30.7 Å². The van der Waals surface area contributed by atoms with Crippen LogP contribution in [-0.4, -0.2) is 34.2 Å². The Bertz CT molecular complexity index is 316. The predicted molar refractivity (Wildman–Crippen MR) is 57.4 cm³/mol. The monoisotopic (exact) mass is 276 g/mol. The molecule has 0 aliphatic heterocycles. The fourth-order valence-electron chi connectivity index (χ4n) is 0.771. The number of phosphoric acid groups is 1. The van der Waals surface area contributed by atoms with Crippen molar-refractivity contribution in [2.75, 3.05) is 25.8 Å². The molecule has 0 saturated carbocycles. The molecule has 0 amide bonds. The van der Waals surface area contributed by atoms with Crippen molar-refractivity contribution in [2.45, 2.75) is 20.8 Å². The van der Waals surface area contributed by atoms with Gasteiger partial charge in [-0.3, -0.25) is 17.8 Å². The molecule has 0 saturated heterocycles. The van der Waals surface area contributed by atoms with Crippen molar-refractivity contribution in [3.8, 4) is 0 Å². The van der Waals surface area contributed by atoms with Gasteiger partial charge in [-0.25, -0.2) is 4.57 Å². The maximum atomic E-state index is 11.7. The van der Waals surface area contributed by atoms with Gasteiger partial charge in [-0.1, -0.05) is 0 Å². The van der Waals surface area contributed by atoms with E-state index >= 15 is 0 Å². The van der Waals surface area contributed by atoms with Crippen molar-refractivity contribution >= 4 is 17.9 Å². The van der Waals surface area contributed by atoms with Crippen LogP contribution in [0, 0.1) is 0 Å². The van der Waals surface area contributed by atoms with Crippen LogP contribution in [-0.2, 0) is 32.4 Å². The summed E-state index contributed by atoms with van der Waals surface area (Å²) in [6, 6.07) is 0. The molecule has 0 aromatic rings. The first-order valence-corrected chi connectivity index (χ1v) is 7.83. The van der Waals surface area contributed by atoms with Gasteiger partial charge >= 0.3 is 7.82 Å². The molecule has 0 aliphatic rings. The molecule has 0 radical (unpaired) electrons. The second-order valence-corrected chi connectivity index (χ2v) is 5.75. The van der Waals surface area contributed by atoms with E-state index < -0.39 is 23.9 Å². The van der Waals surface area contributed by atoms with Gasteiger partial charge in [0.2, 0.25) is 0 Å². The van der Waals surface area contributed by atoms with Crippen LogP contribution in [0.1, 0.15) is 20.8 Å². The van der Waals surface area contributed by atoms with E-state index in [2.05, 4.69) is 8.71 Å². The third-order valence-corrected chi connectivity index (χ3v) is 4.00. The second kappa shape index (κ2) is 7.37. The van der Waals surface area contributed by atoms with Crippen molar-refractivity contribution in [3.63, 3.8) is 0 Å². The van der Waals surface area contributed by atoms with Crippen LogP contribution < -0.4 is 0 Å². The van der Waals surface area contributed by atoms with Crippen LogP contribution in [0.15, 0.2) is 0 Å².